The Morgan fingerprint density at radius 1 is 1.26 bits per heavy atom. The van der Waals surface area contributed by atoms with Crippen LogP contribution in [0.4, 0.5) is 5.69 Å². The summed E-state index contributed by atoms with van der Waals surface area (Å²) in [6, 6.07) is 15.6. The monoisotopic (exact) mass is 288 g/mol. The van der Waals surface area contributed by atoms with Crippen LogP contribution in [-0.2, 0) is 6.54 Å². The predicted octanol–water partition coefficient (Wildman–Crippen LogP) is 4.55. The summed E-state index contributed by atoms with van der Waals surface area (Å²) in [7, 11) is 0. The van der Waals surface area contributed by atoms with E-state index in [0.717, 1.165) is 11.3 Å². The fourth-order valence-electron chi connectivity index (χ4n) is 1.74. The molecule has 0 unspecified atom stereocenters. The van der Waals surface area contributed by atoms with Crippen LogP contribution in [0.5, 0.6) is 0 Å². The van der Waals surface area contributed by atoms with Gasteiger partial charge in [-0.25, -0.2) is 0 Å². The van der Waals surface area contributed by atoms with Crippen molar-refractivity contribution in [2.75, 3.05) is 11.6 Å². The molecule has 0 aliphatic rings. The second kappa shape index (κ2) is 6.51. The number of thioether (sulfide) groups is 1. The minimum atomic E-state index is 0.582. The SMILES string of the molecule is CSc1ccccc1NCc1ccc(C#N)cc1Cl. The molecule has 2 aromatic carbocycles. The van der Waals surface area contributed by atoms with Crippen LogP contribution in [0.3, 0.4) is 0 Å². The molecule has 0 heterocycles. The maximum absolute atomic E-state index is 8.80. The molecule has 0 spiro atoms. The highest BCUT2D eigenvalue weighted by Gasteiger charge is 2.04. The Kier molecular flexibility index (Phi) is 4.73. The van der Waals surface area contributed by atoms with Gasteiger partial charge >= 0.3 is 0 Å². The molecule has 1 N–H and O–H groups in total. The van der Waals surface area contributed by atoms with Gasteiger partial charge in [0, 0.05) is 22.2 Å². The number of rotatable bonds is 4. The second-order valence-electron chi connectivity index (χ2n) is 3.97. The van der Waals surface area contributed by atoms with E-state index in [2.05, 4.69) is 23.7 Å². The molecule has 2 nitrogen and oxygen atoms in total. The number of nitriles is 1. The summed E-state index contributed by atoms with van der Waals surface area (Å²) in [5.74, 6) is 0. The van der Waals surface area contributed by atoms with Crippen LogP contribution in [0.1, 0.15) is 11.1 Å². The molecule has 0 saturated carbocycles. The summed E-state index contributed by atoms with van der Waals surface area (Å²) in [5, 5.41) is 12.8. The zero-order valence-electron chi connectivity index (χ0n) is 10.5. The number of benzene rings is 2. The van der Waals surface area contributed by atoms with Crippen molar-refractivity contribution in [3.05, 3.63) is 58.6 Å². The van der Waals surface area contributed by atoms with Crippen LogP contribution in [0.2, 0.25) is 5.02 Å². The van der Waals surface area contributed by atoms with Gasteiger partial charge in [0.05, 0.1) is 11.6 Å². The number of hydrogen-bond donors (Lipinski definition) is 1. The van der Waals surface area contributed by atoms with Crippen molar-refractivity contribution in [2.45, 2.75) is 11.4 Å². The van der Waals surface area contributed by atoms with Crippen LogP contribution < -0.4 is 5.32 Å². The third-order valence-electron chi connectivity index (χ3n) is 2.76. The molecule has 2 aromatic rings. The zero-order chi connectivity index (χ0) is 13.7. The molecule has 0 aromatic heterocycles. The minimum Gasteiger partial charge on any atom is -0.380 e. The van der Waals surface area contributed by atoms with Crippen LogP contribution in [0.15, 0.2) is 47.4 Å². The van der Waals surface area contributed by atoms with Gasteiger partial charge in [0.1, 0.15) is 0 Å². The molecule has 19 heavy (non-hydrogen) atoms. The molecule has 0 fully saturated rings. The molecular formula is C15H13ClN2S. The minimum absolute atomic E-state index is 0.582. The van der Waals surface area contributed by atoms with E-state index in [1.807, 2.05) is 24.3 Å². The van der Waals surface area contributed by atoms with Crippen molar-refractivity contribution in [1.82, 2.24) is 0 Å². The highest BCUT2D eigenvalue weighted by molar-refractivity contribution is 7.98. The largest absolute Gasteiger partial charge is 0.380 e. The predicted molar refractivity (Wildman–Crippen MR) is 81.7 cm³/mol. The van der Waals surface area contributed by atoms with Crippen molar-refractivity contribution >= 4 is 29.1 Å². The Morgan fingerprint density at radius 3 is 2.74 bits per heavy atom. The summed E-state index contributed by atoms with van der Waals surface area (Å²) in [5.41, 5.74) is 2.66. The van der Waals surface area contributed by atoms with E-state index in [-0.39, 0.29) is 0 Å². The molecule has 96 valence electrons. The van der Waals surface area contributed by atoms with Crippen molar-refractivity contribution in [1.29, 1.82) is 5.26 Å². The van der Waals surface area contributed by atoms with E-state index in [9.17, 15) is 0 Å². The number of hydrogen-bond acceptors (Lipinski definition) is 3. The second-order valence-corrected chi connectivity index (χ2v) is 5.23. The average Bonchev–Trinajstić information content (AvgIpc) is 2.46. The van der Waals surface area contributed by atoms with E-state index in [0.29, 0.717) is 17.1 Å². The van der Waals surface area contributed by atoms with Crippen LogP contribution >= 0.6 is 23.4 Å². The van der Waals surface area contributed by atoms with Gasteiger partial charge in [0.15, 0.2) is 0 Å². The Labute approximate surface area is 122 Å². The van der Waals surface area contributed by atoms with Crippen molar-refractivity contribution < 1.29 is 0 Å². The smallest absolute Gasteiger partial charge is 0.0992 e. The van der Waals surface area contributed by atoms with Gasteiger partial charge in [0.25, 0.3) is 0 Å². The fraction of sp³-hybridized carbons (Fsp3) is 0.133. The van der Waals surface area contributed by atoms with E-state index in [1.54, 1.807) is 23.9 Å². The molecule has 0 aliphatic heterocycles. The Morgan fingerprint density at radius 2 is 2.05 bits per heavy atom. The summed E-state index contributed by atoms with van der Waals surface area (Å²) < 4.78 is 0. The molecule has 0 bridgehead atoms. The molecule has 0 aliphatic carbocycles. The topological polar surface area (TPSA) is 35.8 Å². The first-order valence-corrected chi connectivity index (χ1v) is 7.40. The summed E-state index contributed by atoms with van der Waals surface area (Å²) in [6.07, 6.45) is 2.05. The summed E-state index contributed by atoms with van der Waals surface area (Å²) in [4.78, 5) is 1.20. The van der Waals surface area contributed by atoms with Gasteiger partial charge in [-0.2, -0.15) is 5.26 Å². The third-order valence-corrected chi connectivity index (χ3v) is 3.91. The molecule has 0 saturated heterocycles. The lowest BCUT2D eigenvalue weighted by atomic mass is 10.1. The summed E-state index contributed by atoms with van der Waals surface area (Å²) >= 11 is 7.85. The highest BCUT2D eigenvalue weighted by atomic mass is 35.5. The van der Waals surface area contributed by atoms with E-state index < -0.39 is 0 Å². The first kappa shape index (κ1) is 13.8. The number of para-hydroxylation sites is 1. The number of halogens is 1. The Hall–Kier alpha value is -1.63. The first-order valence-electron chi connectivity index (χ1n) is 5.80. The number of nitrogens with one attached hydrogen (secondary N) is 1. The third kappa shape index (κ3) is 3.44. The maximum Gasteiger partial charge on any atom is 0.0992 e. The quantitative estimate of drug-likeness (QED) is 0.839. The van der Waals surface area contributed by atoms with Crippen molar-refractivity contribution in [3.63, 3.8) is 0 Å². The molecule has 4 heteroatoms. The molecule has 2 rings (SSSR count). The van der Waals surface area contributed by atoms with Crippen LogP contribution in [0, 0.1) is 11.3 Å². The Bertz CT molecular complexity index is 620. The summed E-state index contributed by atoms with van der Waals surface area (Å²) in [6.45, 7) is 0.641. The van der Waals surface area contributed by atoms with E-state index in [1.165, 1.54) is 4.90 Å². The first-order chi connectivity index (χ1) is 9.24. The normalized spacial score (nSPS) is 9.95. The lowest BCUT2D eigenvalue weighted by Crippen LogP contribution is -2.01. The van der Waals surface area contributed by atoms with Gasteiger partial charge in [-0.15, -0.1) is 11.8 Å². The molecule has 0 amide bonds. The van der Waals surface area contributed by atoms with Crippen LogP contribution in [-0.4, -0.2) is 6.26 Å². The number of anilines is 1. The Balaban J connectivity index is 2.13. The lowest BCUT2D eigenvalue weighted by molar-refractivity contribution is 1.13. The lowest BCUT2D eigenvalue weighted by Gasteiger charge is -2.11. The van der Waals surface area contributed by atoms with Gasteiger partial charge < -0.3 is 5.32 Å². The van der Waals surface area contributed by atoms with Gasteiger partial charge in [0.2, 0.25) is 0 Å². The molecule has 0 radical (unpaired) electrons. The molecular weight excluding hydrogens is 276 g/mol. The number of nitrogens with zero attached hydrogens (tertiary/aromatic N) is 1. The maximum atomic E-state index is 8.80. The zero-order valence-corrected chi connectivity index (χ0v) is 12.1. The highest BCUT2D eigenvalue weighted by Crippen LogP contribution is 2.26. The average molecular weight is 289 g/mol. The van der Waals surface area contributed by atoms with Gasteiger partial charge in [-0.1, -0.05) is 29.8 Å². The fourth-order valence-corrected chi connectivity index (χ4v) is 2.56. The molecule has 0 atom stereocenters. The van der Waals surface area contributed by atoms with Crippen LogP contribution in [0.25, 0.3) is 0 Å². The van der Waals surface area contributed by atoms with Crippen molar-refractivity contribution in [2.24, 2.45) is 0 Å². The van der Waals surface area contributed by atoms with Gasteiger partial charge in [-0.05, 0) is 36.1 Å². The van der Waals surface area contributed by atoms with Gasteiger partial charge in [-0.3, -0.25) is 0 Å². The standard InChI is InChI=1S/C15H13ClN2S/c1-19-15-5-3-2-4-14(15)18-10-12-7-6-11(9-17)8-13(12)16/h2-8,18H,10H2,1H3. The van der Waals surface area contributed by atoms with Crippen molar-refractivity contribution in [3.8, 4) is 6.07 Å². The van der Waals surface area contributed by atoms with E-state index >= 15 is 0 Å². The van der Waals surface area contributed by atoms with E-state index in [4.69, 9.17) is 16.9 Å².